The molecule has 0 unspecified atom stereocenters. The van der Waals surface area contributed by atoms with Gasteiger partial charge in [-0.2, -0.15) is 5.10 Å². The van der Waals surface area contributed by atoms with Crippen LogP contribution in [0.3, 0.4) is 0 Å². The van der Waals surface area contributed by atoms with E-state index in [1.165, 1.54) is 20.3 Å². The smallest absolute Gasteiger partial charge is 0.260 e. The number of nitrogens with one attached hydrogen (secondary N) is 1. The van der Waals surface area contributed by atoms with Gasteiger partial charge in [-0.05, 0) is 57.0 Å². The van der Waals surface area contributed by atoms with Crippen LogP contribution in [0.5, 0.6) is 11.5 Å². The van der Waals surface area contributed by atoms with E-state index in [4.69, 9.17) is 9.47 Å². The van der Waals surface area contributed by atoms with Crippen LogP contribution in [0.2, 0.25) is 0 Å². The Morgan fingerprint density at radius 3 is 2.31 bits per heavy atom. The molecule has 0 fully saturated rings. The molecule has 0 atom stereocenters. The van der Waals surface area contributed by atoms with Crippen molar-refractivity contribution in [2.45, 2.75) is 27.7 Å². The van der Waals surface area contributed by atoms with Gasteiger partial charge < -0.3 is 14.0 Å². The van der Waals surface area contributed by atoms with Gasteiger partial charge in [0.2, 0.25) is 10.0 Å². The second kappa shape index (κ2) is 10.9. The fourth-order valence-electron chi connectivity index (χ4n) is 4.13. The molecule has 0 saturated heterocycles. The van der Waals surface area contributed by atoms with Crippen LogP contribution in [0.4, 0.5) is 5.69 Å². The number of carbonyl (C=O) groups is 1. The van der Waals surface area contributed by atoms with Crippen molar-refractivity contribution < 1.29 is 22.7 Å². The zero-order valence-electron chi connectivity index (χ0n) is 21.6. The van der Waals surface area contributed by atoms with Gasteiger partial charge in [0.15, 0.2) is 0 Å². The van der Waals surface area contributed by atoms with E-state index in [1.807, 2.05) is 26.0 Å². The molecule has 2 aromatic carbocycles. The van der Waals surface area contributed by atoms with Crippen LogP contribution in [-0.4, -0.2) is 52.1 Å². The predicted molar refractivity (Wildman–Crippen MR) is 142 cm³/mol. The third kappa shape index (κ3) is 5.71. The molecule has 36 heavy (non-hydrogen) atoms. The van der Waals surface area contributed by atoms with Gasteiger partial charge in [-0.25, -0.2) is 13.8 Å². The van der Waals surface area contributed by atoms with E-state index >= 15 is 0 Å². The Hall–Kier alpha value is -3.79. The molecule has 0 aliphatic carbocycles. The molecule has 0 aliphatic rings. The first-order valence-electron chi connectivity index (χ1n) is 11.2. The number of amides is 1. The quantitative estimate of drug-likeness (QED) is 0.348. The zero-order valence-corrected chi connectivity index (χ0v) is 22.4. The van der Waals surface area contributed by atoms with Crippen molar-refractivity contribution in [2.24, 2.45) is 5.10 Å². The minimum Gasteiger partial charge on any atom is -0.497 e. The number of sulfonamides is 1. The fraction of sp³-hybridized carbons (Fsp3) is 0.308. The maximum absolute atomic E-state index is 12.7. The summed E-state index contributed by atoms with van der Waals surface area (Å²) < 4.78 is 38.6. The summed E-state index contributed by atoms with van der Waals surface area (Å²) in [6.07, 6.45) is 2.58. The Morgan fingerprint density at radius 1 is 1.06 bits per heavy atom. The molecule has 0 bridgehead atoms. The number of carbonyl (C=O) groups excluding carboxylic acids is 1. The minimum absolute atomic E-state index is 0.190. The standard InChI is InChI=1S/C26H32N4O5S/c1-17-9-8-10-18(2)26(17)30-19(3)13-21(20(30)4)15-27-28-25(31)16-29(36(7,32)33)23-14-22(34-5)11-12-24(23)35-6/h8-15H,16H2,1-7H3,(H,28,31)/b27-15-. The maximum Gasteiger partial charge on any atom is 0.260 e. The summed E-state index contributed by atoms with van der Waals surface area (Å²) in [4.78, 5) is 12.7. The highest BCUT2D eigenvalue weighted by atomic mass is 32.2. The minimum atomic E-state index is -3.81. The number of aryl methyl sites for hydroxylation is 3. The number of hydrogen-bond acceptors (Lipinski definition) is 6. The summed E-state index contributed by atoms with van der Waals surface area (Å²) >= 11 is 0. The molecule has 1 heterocycles. The van der Waals surface area contributed by atoms with Crippen molar-refractivity contribution >= 4 is 27.8 Å². The molecule has 9 nitrogen and oxygen atoms in total. The second-order valence-electron chi connectivity index (χ2n) is 8.50. The number of nitrogens with zero attached hydrogens (tertiary/aromatic N) is 3. The zero-order chi connectivity index (χ0) is 26.6. The summed E-state index contributed by atoms with van der Waals surface area (Å²) in [5, 5.41) is 4.09. The van der Waals surface area contributed by atoms with Crippen molar-refractivity contribution in [3.05, 3.63) is 70.5 Å². The largest absolute Gasteiger partial charge is 0.497 e. The molecule has 0 spiro atoms. The molecule has 10 heteroatoms. The average Bonchev–Trinajstić information content (AvgIpc) is 3.09. The number of benzene rings is 2. The van der Waals surface area contributed by atoms with Gasteiger partial charge in [0, 0.05) is 23.0 Å². The SMILES string of the molecule is COc1ccc(OC)c(N(CC(=O)N/N=C\c2cc(C)n(-c3c(C)cccc3C)c2C)S(C)(=O)=O)c1. The van der Waals surface area contributed by atoms with Crippen LogP contribution < -0.4 is 19.2 Å². The summed E-state index contributed by atoms with van der Waals surface area (Å²) in [6.45, 7) is 7.66. The van der Waals surface area contributed by atoms with Gasteiger partial charge in [0.1, 0.15) is 18.0 Å². The molecule has 0 radical (unpaired) electrons. The Balaban J connectivity index is 1.82. The highest BCUT2D eigenvalue weighted by Crippen LogP contribution is 2.33. The van der Waals surface area contributed by atoms with Crippen LogP contribution in [-0.2, 0) is 14.8 Å². The van der Waals surface area contributed by atoms with Crippen LogP contribution >= 0.6 is 0 Å². The number of ether oxygens (including phenoxy) is 2. The van der Waals surface area contributed by atoms with Crippen molar-refractivity contribution in [3.63, 3.8) is 0 Å². The van der Waals surface area contributed by atoms with E-state index in [-0.39, 0.29) is 11.4 Å². The number of rotatable bonds is 9. The third-order valence-electron chi connectivity index (χ3n) is 5.87. The number of para-hydroxylation sites is 1. The normalized spacial score (nSPS) is 11.5. The Labute approximate surface area is 212 Å². The van der Waals surface area contributed by atoms with Gasteiger partial charge in [0.05, 0.1) is 38.1 Å². The molecular formula is C26H32N4O5S. The maximum atomic E-state index is 12.7. The van der Waals surface area contributed by atoms with Gasteiger partial charge in [-0.3, -0.25) is 9.10 Å². The molecule has 0 saturated carbocycles. The Bertz CT molecular complexity index is 1390. The van der Waals surface area contributed by atoms with Crippen LogP contribution in [0, 0.1) is 27.7 Å². The van der Waals surface area contributed by atoms with E-state index in [0.717, 1.165) is 44.3 Å². The first kappa shape index (κ1) is 26.8. The third-order valence-corrected chi connectivity index (χ3v) is 6.99. The number of aromatic nitrogens is 1. The van der Waals surface area contributed by atoms with E-state index in [9.17, 15) is 13.2 Å². The number of hydrogen-bond donors (Lipinski definition) is 1. The van der Waals surface area contributed by atoms with Crippen molar-refractivity contribution in [1.29, 1.82) is 0 Å². The lowest BCUT2D eigenvalue weighted by molar-refractivity contribution is -0.119. The van der Waals surface area contributed by atoms with E-state index < -0.39 is 22.5 Å². The summed E-state index contributed by atoms with van der Waals surface area (Å²) in [7, 11) is -0.925. The second-order valence-corrected chi connectivity index (χ2v) is 10.4. The highest BCUT2D eigenvalue weighted by Gasteiger charge is 2.24. The lowest BCUT2D eigenvalue weighted by atomic mass is 10.1. The van der Waals surface area contributed by atoms with Gasteiger partial charge in [0.25, 0.3) is 5.91 Å². The van der Waals surface area contributed by atoms with E-state index in [1.54, 1.807) is 18.3 Å². The molecule has 192 valence electrons. The van der Waals surface area contributed by atoms with Crippen LogP contribution in [0.15, 0.2) is 47.6 Å². The molecule has 0 aliphatic heterocycles. The average molecular weight is 513 g/mol. The number of anilines is 1. The summed E-state index contributed by atoms with van der Waals surface area (Å²) in [5.41, 5.74) is 8.89. The van der Waals surface area contributed by atoms with Crippen LogP contribution in [0.1, 0.15) is 28.1 Å². The topological polar surface area (TPSA) is 102 Å². The van der Waals surface area contributed by atoms with Gasteiger partial charge in [-0.15, -0.1) is 0 Å². The predicted octanol–water partition coefficient (Wildman–Crippen LogP) is 3.64. The van der Waals surface area contributed by atoms with E-state index in [2.05, 4.69) is 41.1 Å². The van der Waals surface area contributed by atoms with Crippen molar-refractivity contribution in [1.82, 2.24) is 9.99 Å². The molecule has 1 aromatic heterocycles. The molecule has 3 aromatic rings. The first-order chi connectivity index (χ1) is 17.0. The van der Waals surface area contributed by atoms with Crippen LogP contribution in [0.25, 0.3) is 5.69 Å². The van der Waals surface area contributed by atoms with Gasteiger partial charge >= 0.3 is 0 Å². The fourth-order valence-corrected chi connectivity index (χ4v) is 4.98. The number of methoxy groups -OCH3 is 2. The lowest BCUT2D eigenvalue weighted by Gasteiger charge is -2.23. The Kier molecular flexibility index (Phi) is 8.09. The molecular weight excluding hydrogens is 480 g/mol. The van der Waals surface area contributed by atoms with Crippen molar-refractivity contribution in [3.8, 4) is 17.2 Å². The molecule has 3 rings (SSSR count). The molecule has 1 amide bonds. The monoisotopic (exact) mass is 512 g/mol. The number of hydrazone groups is 1. The highest BCUT2D eigenvalue weighted by molar-refractivity contribution is 7.92. The van der Waals surface area contributed by atoms with E-state index in [0.29, 0.717) is 5.75 Å². The lowest BCUT2D eigenvalue weighted by Crippen LogP contribution is -2.39. The molecule has 1 N–H and O–H groups in total. The summed E-state index contributed by atoms with van der Waals surface area (Å²) in [6, 6.07) is 12.9. The van der Waals surface area contributed by atoms with Gasteiger partial charge in [-0.1, -0.05) is 18.2 Å². The first-order valence-corrected chi connectivity index (χ1v) is 13.1. The van der Waals surface area contributed by atoms with Crippen molar-refractivity contribution in [2.75, 3.05) is 31.3 Å². The summed E-state index contributed by atoms with van der Waals surface area (Å²) in [5.74, 6) is 0.110. The Morgan fingerprint density at radius 2 is 1.72 bits per heavy atom.